The zero-order valence-electron chi connectivity index (χ0n) is 18.4. The normalized spacial score (nSPS) is 11.2. The molecule has 0 atom stereocenters. The molecule has 170 valence electrons. The van der Waals surface area contributed by atoms with Gasteiger partial charge in [-0.2, -0.15) is 14.9 Å². The number of hydrogen-bond donors (Lipinski definition) is 1. The predicted octanol–water partition coefficient (Wildman–Crippen LogP) is 4.23. The number of carbonyl (C=O) groups excluding carboxylic acids is 1. The van der Waals surface area contributed by atoms with Crippen LogP contribution in [0.2, 0.25) is 0 Å². The molecule has 0 aliphatic rings. The molecule has 0 bridgehead atoms. The maximum atomic E-state index is 12.4. The van der Waals surface area contributed by atoms with E-state index in [1.165, 1.54) is 28.0 Å². The van der Waals surface area contributed by atoms with Crippen LogP contribution >= 0.6 is 11.3 Å². The molecule has 9 heteroatoms. The van der Waals surface area contributed by atoms with Crippen molar-refractivity contribution in [3.63, 3.8) is 0 Å². The number of nitrogens with one attached hydrogen (secondary N) is 1. The Morgan fingerprint density at radius 2 is 1.97 bits per heavy atom. The molecule has 0 unspecified atom stereocenters. The molecule has 0 saturated carbocycles. The van der Waals surface area contributed by atoms with Gasteiger partial charge in [-0.05, 0) is 42.3 Å². The Hall–Kier alpha value is -4.29. The first-order valence-electron chi connectivity index (χ1n) is 10.7. The van der Waals surface area contributed by atoms with Crippen LogP contribution in [-0.2, 0) is 17.8 Å². The molecule has 0 saturated heterocycles. The monoisotopic (exact) mass is 471 g/mol. The first-order chi connectivity index (χ1) is 16.6. The summed E-state index contributed by atoms with van der Waals surface area (Å²) in [6, 6.07) is 19.2. The van der Waals surface area contributed by atoms with E-state index in [1.807, 2.05) is 12.1 Å². The lowest BCUT2D eigenvalue weighted by Gasteiger charge is -2.06. The fraction of sp³-hybridized carbons (Fsp3) is 0.160. The van der Waals surface area contributed by atoms with E-state index < -0.39 is 5.91 Å². The van der Waals surface area contributed by atoms with Crippen molar-refractivity contribution in [2.45, 2.75) is 26.4 Å². The fourth-order valence-electron chi connectivity index (χ4n) is 3.14. The van der Waals surface area contributed by atoms with Gasteiger partial charge in [-0.1, -0.05) is 48.6 Å². The first-order valence-corrected chi connectivity index (χ1v) is 11.5. The SMILES string of the molecule is CCCc1nn2c(=O)cc(COc3ccc(/C=C(\C#N)C(=O)Nc4ccccc4)cc3)nc2s1. The van der Waals surface area contributed by atoms with Gasteiger partial charge in [0.25, 0.3) is 11.5 Å². The van der Waals surface area contributed by atoms with Crippen LogP contribution in [0.3, 0.4) is 0 Å². The van der Waals surface area contributed by atoms with Crippen LogP contribution in [0.25, 0.3) is 11.0 Å². The van der Waals surface area contributed by atoms with Gasteiger partial charge in [0.2, 0.25) is 4.96 Å². The Bertz CT molecular complexity index is 1430. The molecule has 2 aromatic heterocycles. The molecule has 1 N–H and O–H groups in total. The maximum Gasteiger partial charge on any atom is 0.275 e. The zero-order valence-corrected chi connectivity index (χ0v) is 19.2. The summed E-state index contributed by atoms with van der Waals surface area (Å²) in [5, 5.41) is 17.3. The van der Waals surface area contributed by atoms with Gasteiger partial charge in [-0.15, -0.1) is 0 Å². The van der Waals surface area contributed by atoms with Crippen molar-refractivity contribution in [1.82, 2.24) is 14.6 Å². The van der Waals surface area contributed by atoms with Crippen molar-refractivity contribution in [1.29, 1.82) is 5.26 Å². The summed E-state index contributed by atoms with van der Waals surface area (Å²) in [6.45, 7) is 2.19. The summed E-state index contributed by atoms with van der Waals surface area (Å²) in [6.07, 6.45) is 3.26. The van der Waals surface area contributed by atoms with Crippen molar-refractivity contribution in [3.8, 4) is 11.8 Å². The number of nitrogens with zero attached hydrogens (tertiary/aromatic N) is 4. The van der Waals surface area contributed by atoms with E-state index in [2.05, 4.69) is 22.3 Å². The van der Waals surface area contributed by atoms with Crippen molar-refractivity contribution in [2.75, 3.05) is 5.32 Å². The van der Waals surface area contributed by atoms with E-state index in [-0.39, 0.29) is 17.7 Å². The molecule has 0 aliphatic carbocycles. The van der Waals surface area contributed by atoms with Crippen molar-refractivity contribution in [2.24, 2.45) is 0 Å². The standard InChI is InChI=1S/C25H21N5O3S/c1-2-6-22-29-30-23(31)14-20(28-25(30)34-22)16-33-21-11-9-17(10-12-21)13-18(15-26)24(32)27-19-7-4-3-5-8-19/h3-5,7-14H,2,6,16H2,1H3,(H,27,32)/b18-13+. The van der Waals surface area contributed by atoms with E-state index >= 15 is 0 Å². The third kappa shape index (κ3) is 5.54. The lowest BCUT2D eigenvalue weighted by atomic mass is 10.1. The number of benzene rings is 2. The second-order valence-electron chi connectivity index (χ2n) is 7.37. The number of ether oxygens (including phenoxy) is 1. The number of hydrogen-bond acceptors (Lipinski definition) is 7. The molecule has 0 fully saturated rings. The summed E-state index contributed by atoms with van der Waals surface area (Å²) in [5.41, 5.74) is 1.56. The van der Waals surface area contributed by atoms with E-state index in [4.69, 9.17) is 4.74 Å². The highest BCUT2D eigenvalue weighted by Gasteiger charge is 2.11. The minimum absolute atomic E-state index is 0.0116. The summed E-state index contributed by atoms with van der Waals surface area (Å²) in [5.74, 6) is 0.0920. The van der Waals surface area contributed by atoms with E-state index in [9.17, 15) is 14.9 Å². The van der Waals surface area contributed by atoms with Crippen LogP contribution in [0.1, 0.15) is 29.6 Å². The minimum atomic E-state index is -0.480. The third-order valence-electron chi connectivity index (χ3n) is 4.78. The second-order valence-corrected chi connectivity index (χ2v) is 8.41. The molecule has 1 amide bonds. The smallest absolute Gasteiger partial charge is 0.275 e. The Morgan fingerprint density at radius 1 is 1.21 bits per heavy atom. The quantitative estimate of drug-likeness (QED) is 0.304. The average molecular weight is 472 g/mol. The van der Waals surface area contributed by atoms with Crippen LogP contribution in [0.4, 0.5) is 5.69 Å². The van der Waals surface area contributed by atoms with Gasteiger partial charge in [0.1, 0.15) is 29.0 Å². The van der Waals surface area contributed by atoms with Crippen molar-refractivity contribution in [3.05, 3.63) is 92.9 Å². The number of nitriles is 1. The van der Waals surface area contributed by atoms with E-state index in [1.54, 1.807) is 48.5 Å². The molecule has 0 spiro atoms. The lowest BCUT2D eigenvalue weighted by molar-refractivity contribution is -0.112. The number of rotatable bonds is 8. The first kappa shape index (κ1) is 22.9. The number of anilines is 1. The fourth-order valence-corrected chi connectivity index (χ4v) is 4.16. The summed E-state index contributed by atoms with van der Waals surface area (Å²) >= 11 is 1.40. The summed E-state index contributed by atoms with van der Waals surface area (Å²) in [7, 11) is 0. The molecule has 2 heterocycles. The zero-order chi connectivity index (χ0) is 23.9. The molecular formula is C25H21N5O3S. The Morgan fingerprint density at radius 3 is 2.68 bits per heavy atom. The second kappa shape index (κ2) is 10.6. The van der Waals surface area contributed by atoms with Gasteiger partial charge < -0.3 is 10.1 Å². The largest absolute Gasteiger partial charge is 0.487 e. The highest BCUT2D eigenvalue weighted by Crippen LogP contribution is 2.18. The molecule has 4 aromatic rings. The third-order valence-corrected chi connectivity index (χ3v) is 5.75. The van der Waals surface area contributed by atoms with Gasteiger partial charge in [-0.3, -0.25) is 9.59 Å². The Labute approximate surface area is 199 Å². The molecule has 34 heavy (non-hydrogen) atoms. The molecule has 0 radical (unpaired) electrons. The van der Waals surface area contributed by atoms with Gasteiger partial charge in [-0.25, -0.2) is 4.98 Å². The predicted molar refractivity (Wildman–Crippen MR) is 131 cm³/mol. The number of aromatic nitrogens is 3. The highest BCUT2D eigenvalue weighted by atomic mass is 32.1. The molecule has 0 aliphatic heterocycles. The Balaban J connectivity index is 1.42. The van der Waals surface area contributed by atoms with Gasteiger partial charge >= 0.3 is 0 Å². The van der Waals surface area contributed by atoms with Gasteiger partial charge in [0.05, 0.1) is 5.69 Å². The number of amides is 1. The van der Waals surface area contributed by atoms with Crippen molar-refractivity contribution < 1.29 is 9.53 Å². The molecular weight excluding hydrogens is 450 g/mol. The van der Waals surface area contributed by atoms with Crippen LogP contribution in [0.15, 0.2) is 71.0 Å². The minimum Gasteiger partial charge on any atom is -0.487 e. The number of carbonyl (C=O) groups is 1. The van der Waals surface area contributed by atoms with Crippen LogP contribution < -0.4 is 15.6 Å². The average Bonchev–Trinajstić information content (AvgIpc) is 3.26. The molecule has 8 nitrogen and oxygen atoms in total. The highest BCUT2D eigenvalue weighted by molar-refractivity contribution is 7.16. The van der Waals surface area contributed by atoms with Crippen LogP contribution in [0.5, 0.6) is 5.75 Å². The summed E-state index contributed by atoms with van der Waals surface area (Å²) in [4.78, 5) is 29.7. The van der Waals surface area contributed by atoms with Gasteiger partial charge in [0.15, 0.2) is 0 Å². The molecule has 4 rings (SSSR count). The van der Waals surface area contributed by atoms with E-state index in [0.29, 0.717) is 27.7 Å². The Kier molecular flexibility index (Phi) is 7.10. The maximum absolute atomic E-state index is 12.4. The van der Waals surface area contributed by atoms with Crippen LogP contribution in [0, 0.1) is 11.3 Å². The summed E-state index contributed by atoms with van der Waals surface area (Å²) < 4.78 is 7.09. The van der Waals surface area contributed by atoms with E-state index in [0.717, 1.165) is 17.8 Å². The lowest BCUT2D eigenvalue weighted by Crippen LogP contribution is -2.16. The number of fused-ring (bicyclic) bond motifs is 1. The van der Waals surface area contributed by atoms with Crippen LogP contribution in [-0.4, -0.2) is 20.5 Å². The van der Waals surface area contributed by atoms with Crippen molar-refractivity contribution >= 4 is 34.0 Å². The topological polar surface area (TPSA) is 109 Å². The number of aryl methyl sites for hydroxylation is 1. The number of para-hydroxylation sites is 1. The molecule has 2 aromatic carbocycles. The van der Waals surface area contributed by atoms with Gasteiger partial charge in [0, 0.05) is 18.2 Å².